The minimum atomic E-state index is -0.122. The van der Waals surface area contributed by atoms with E-state index in [1.165, 1.54) is 0 Å². The van der Waals surface area contributed by atoms with Gasteiger partial charge in [0.1, 0.15) is 0 Å². The lowest BCUT2D eigenvalue weighted by Gasteiger charge is -2.04. The Morgan fingerprint density at radius 1 is 1.07 bits per heavy atom. The number of hydrogen-bond donors (Lipinski definition) is 2. The van der Waals surface area contributed by atoms with Gasteiger partial charge in [-0.05, 0) is 22.9 Å². The average molecular weight is 200 g/mol. The van der Waals surface area contributed by atoms with E-state index in [9.17, 15) is 4.79 Å². The topological polar surface area (TPSA) is 41.1 Å². The van der Waals surface area contributed by atoms with E-state index in [-0.39, 0.29) is 5.91 Å². The van der Waals surface area contributed by atoms with Gasteiger partial charge in [0.15, 0.2) is 0 Å². The maximum Gasteiger partial charge on any atom is 0.265 e. The van der Waals surface area contributed by atoms with Crippen LogP contribution in [0.25, 0.3) is 10.8 Å². The monoisotopic (exact) mass is 200 g/mol. The number of fused-ring (bicyclic) bond motifs is 1. The van der Waals surface area contributed by atoms with Crippen LogP contribution >= 0.6 is 0 Å². The molecule has 0 aliphatic rings. The minimum absolute atomic E-state index is 0.122. The summed E-state index contributed by atoms with van der Waals surface area (Å²) in [5, 5.41) is 2.21. The second kappa shape index (κ2) is 4.11. The van der Waals surface area contributed by atoms with Crippen molar-refractivity contribution in [3.05, 3.63) is 48.0 Å². The Bertz CT molecular complexity index is 494. The standard InChI is InChI=1S/C12H12N2O/c1-13-14-12(15)11-7-6-9-4-2-3-5-10(9)8-11/h2-8,13H,1H3,(H,14,15). The van der Waals surface area contributed by atoms with Gasteiger partial charge < -0.3 is 0 Å². The number of amides is 1. The molecule has 0 atom stereocenters. The van der Waals surface area contributed by atoms with Gasteiger partial charge in [-0.15, -0.1) is 0 Å². The molecule has 0 aliphatic heterocycles. The third-order valence-corrected chi connectivity index (χ3v) is 2.25. The van der Waals surface area contributed by atoms with Crippen LogP contribution in [0.1, 0.15) is 10.4 Å². The molecule has 0 fully saturated rings. The number of rotatable bonds is 2. The van der Waals surface area contributed by atoms with Crippen molar-refractivity contribution in [2.45, 2.75) is 0 Å². The molecule has 1 amide bonds. The summed E-state index contributed by atoms with van der Waals surface area (Å²) in [6.45, 7) is 0. The third-order valence-electron chi connectivity index (χ3n) is 2.25. The van der Waals surface area contributed by atoms with Crippen LogP contribution < -0.4 is 10.9 Å². The Hall–Kier alpha value is -1.87. The molecule has 2 aromatic carbocycles. The molecule has 15 heavy (non-hydrogen) atoms. The molecular weight excluding hydrogens is 188 g/mol. The van der Waals surface area contributed by atoms with Gasteiger partial charge in [-0.1, -0.05) is 30.3 Å². The summed E-state index contributed by atoms with van der Waals surface area (Å²) in [5.41, 5.74) is 5.81. The smallest absolute Gasteiger partial charge is 0.265 e. The van der Waals surface area contributed by atoms with Gasteiger partial charge in [-0.3, -0.25) is 10.2 Å². The highest BCUT2D eigenvalue weighted by molar-refractivity contribution is 5.98. The summed E-state index contributed by atoms with van der Waals surface area (Å²) in [7, 11) is 1.67. The van der Waals surface area contributed by atoms with Crippen LogP contribution in [0.15, 0.2) is 42.5 Å². The number of nitrogens with one attached hydrogen (secondary N) is 2. The Morgan fingerprint density at radius 2 is 1.80 bits per heavy atom. The second-order valence-electron chi connectivity index (χ2n) is 3.27. The SMILES string of the molecule is CNNC(=O)c1ccc2ccccc2c1. The zero-order valence-corrected chi connectivity index (χ0v) is 8.45. The second-order valence-corrected chi connectivity index (χ2v) is 3.27. The van der Waals surface area contributed by atoms with Crippen molar-refractivity contribution in [3.8, 4) is 0 Å². The summed E-state index contributed by atoms with van der Waals surface area (Å²) in [4.78, 5) is 11.5. The van der Waals surface area contributed by atoms with Crippen molar-refractivity contribution < 1.29 is 4.79 Å². The van der Waals surface area contributed by atoms with Crippen LogP contribution in [0.5, 0.6) is 0 Å². The van der Waals surface area contributed by atoms with Crippen molar-refractivity contribution in [1.29, 1.82) is 0 Å². The first-order valence-corrected chi connectivity index (χ1v) is 4.77. The predicted octanol–water partition coefficient (Wildman–Crippen LogP) is 1.70. The number of carbonyl (C=O) groups excluding carboxylic acids is 1. The number of carbonyl (C=O) groups is 1. The first-order chi connectivity index (χ1) is 7.31. The molecular formula is C12H12N2O. The normalized spacial score (nSPS) is 10.2. The van der Waals surface area contributed by atoms with E-state index in [0.29, 0.717) is 5.56 Å². The van der Waals surface area contributed by atoms with E-state index in [0.717, 1.165) is 10.8 Å². The van der Waals surface area contributed by atoms with Gasteiger partial charge >= 0.3 is 0 Å². The first kappa shape index (κ1) is 9.68. The van der Waals surface area contributed by atoms with Gasteiger partial charge in [0.25, 0.3) is 5.91 Å². The van der Waals surface area contributed by atoms with Crippen molar-refractivity contribution in [2.24, 2.45) is 0 Å². The van der Waals surface area contributed by atoms with Crippen LogP contribution in [0.4, 0.5) is 0 Å². The van der Waals surface area contributed by atoms with Crippen molar-refractivity contribution in [3.63, 3.8) is 0 Å². The van der Waals surface area contributed by atoms with E-state index in [2.05, 4.69) is 10.9 Å². The molecule has 0 heterocycles. The minimum Gasteiger partial charge on any atom is -0.288 e. The maximum absolute atomic E-state index is 11.5. The highest BCUT2D eigenvalue weighted by Gasteiger charge is 2.03. The van der Waals surface area contributed by atoms with Crippen molar-refractivity contribution in [1.82, 2.24) is 10.9 Å². The molecule has 76 valence electrons. The zero-order valence-electron chi connectivity index (χ0n) is 8.45. The fourth-order valence-corrected chi connectivity index (χ4v) is 1.52. The van der Waals surface area contributed by atoms with Gasteiger partial charge in [0.05, 0.1) is 0 Å². The molecule has 3 heteroatoms. The first-order valence-electron chi connectivity index (χ1n) is 4.77. The molecule has 3 nitrogen and oxygen atoms in total. The lowest BCUT2D eigenvalue weighted by atomic mass is 10.1. The highest BCUT2D eigenvalue weighted by atomic mass is 16.2. The fraction of sp³-hybridized carbons (Fsp3) is 0.0833. The Morgan fingerprint density at radius 3 is 2.53 bits per heavy atom. The van der Waals surface area contributed by atoms with E-state index in [1.54, 1.807) is 7.05 Å². The molecule has 0 aromatic heterocycles. The fourth-order valence-electron chi connectivity index (χ4n) is 1.52. The highest BCUT2D eigenvalue weighted by Crippen LogP contribution is 2.15. The van der Waals surface area contributed by atoms with E-state index >= 15 is 0 Å². The van der Waals surface area contributed by atoms with E-state index < -0.39 is 0 Å². The lowest BCUT2D eigenvalue weighted by Crippen LogP contribution is -2.34. The van der Waals surface area contributed by atoms with E-state index in [1.807, 2.05) is 42.5 Å². The lowest BCUT2D eigenvalue weighted by molar-refractivity contribution is 0.0938. The molecule has 0 bridgehead atoms. The maximum atomic E-state index is 11.5. The number of benzene rings is 2. The predicted molar refractivity (Wildman–Crippen MR) is 60.5 cm³/mol. The summed E-state index contributed by atoms with van der Waals surface area (Å²) >= 11 is 0. The molecule has 2 aromatic rings. The van der Waals surface area contributed by atoms with E-state index in [4.69, 9.17) is 0 Å². The molecule has 0 spiro atoms. The van der Waals surface area contributed by atoms with Crippen molar-refractivity contribution in [2.75, 3.05) is 7.05 Å². The number of hydrazine groups is 1. The zero-order chi connectivity index (χ0) is 10.7. The average Bonchev–Trinajstić information content (AvgIpc) is 2.29. The summed E-state index contributed by atoms with van der Waals surface area (Å²) in [6, 6.07) is 13.6. The Kier molecular flexibility index (Phi) is 2.65. The quantitative estimate of drug-likeness (QED) is 0.724. The van der Waals surface area contributed by atoms with Gasteiger partial charge in [-0.25, -0.2) is 5.43 Å². The molecule has 0 radical (unpaired) electrons. The molecule has 0 saturated carbocycles. The van der Waals surface area contributed by atoms with Crippen LogP contribution in [0.2, 0.25) is 0 Å². The largest absolute Gasteiger partial charge is 0.288 e. The van der Waals surface area contributed by atoms with Crippen LogP contribution in [0, 0.1) is 0 Å². The van der Waals surface area contributed by atoms with Crippen LogP contribution in [0.3, 0.4) is 0 Å². The van der Waals surface area contributed by atoms with Gasteiger partial charge in [0.2, 0.25) is 0 Å². The molecule has 0 unspecified atom stereocenters. The van der Waals surface area contributed by atoms with Gasteiger partial charge in [-0.2, -0.15) is 0 Å². The Labute approximate surface area is 88.1 Å². The summed E-state index contributed by atoms with van der Waals surface area (Å²) < 4.78 is 0. The van der Waals surface area contributed by atoms with Crippen LogP contribution in [-0.4, -0.2) is 13.0 Å². The molecule has 2 rings (SSSR count). The summed E-state index contributed by atoms with van der Waals surface area (Å²) in [5.74, 6) is -0.122. The molecule has 0 aliphatic carbocycles. The third kappa shape index (κ3) is 1.97. The van der Waals surface area contributed by atoms with Crippen LogP contribution in [-0.2, 0) is 0 Å². The Balaban J connectivity index is 2.42. The summed E-state index contributed by atoms with van der Waals surface area (Å²) in [6.07, 6.45) is 0. The molecule has 2 N–H and O–H groups in total. The molecule has 0 saturated heterocycles. The van der Waals surface area contributed by atoms with Crippen molar-refractivity contribution >= 4 is 16.7 Å². The number of hydrogen-bond acceptors (Lipinski definition) is 2. The van der Waals surface area contributed by atoms with Gasteiger partial charge in [0, 0.05) is 12.6 Å².